The van der Waals surface area contributed by atoms with Crippen LogP contribution in [0, 0.1) is 5.92 Å². The Morgan fingerprint density at radius 1 is 0.857 bits per heavy atom. The zero-order valence-electron chi connectivity index (χ0n) is 26.8. The lowest BCUT2D eigenvalue weighted by Gasteiger charge is -2.21. The van der Waals surface area contributed by atoms with Crippen LogP contribution in [0.25, 0.3) is 28.1 Å². The maximum Gasteiger partial charge on any atom is 0.326 e. The van der Waals surface area contributed by atoms with Gasteiger partial charge >= 0.3 is 10.2 Å². The van der Waals surface area contributed by atoms with E-state index in [9.17, 15) is 13.2 Å². The predicted octanol–water partition coefficient (Wildman–Crippen LogP) is 8.63. The molecule has 2 aliphatic rings. The number of nitrogens with one attached hydrogen (secondary N) is 1. The molecule has 0 radical (unpaired) electrons. The van der Waals surface area contributed by atoms with Gasteiger partial charge in [-0.2, -0.15) is 8.42 Å². The molecule has 1 aliphatic heterocycles. The standard InChI is InChI=1S/C38H36Cl2N4O4S/c39-30-15-18-34(35(40)22-30)36-24-43(31-7-4-8-32(23-31)44-25-38(45)42-49(44,46)47)37(41-36)21-27-9-11-28(12-10-27)29-13-16-33(17-14-29)48-20-19-26-5-2-1-3-6-26/h4,7-18,22-24,26H,1-3,5-6,19-21,25H2,(H,42,45). The van der Waals surface area contributed by atoms with E-state index in [0.717, 1.165) is 57.1 Å². The van der Waals surface area contributed by atoms with Gasteiger partial charge in [0.25, 0.3) is 5.91 Å². The first-order chi connectivity index (χ1) is 23.7. The average Bonchev–Trinajstić information content (AvgIpc) is 3.64. The molecule has 2 heterocycles. The highest BCUT2D eigenvalue weighted by Crippen LogP contribution is 2.33. The van der Waals surface area contributed by atoms with E-state index in [2.05, 4.69) is 36.4 Å². The van der Waals surface area contributed by atoms with Crippen molar-refractivity contribution in [1.82, 2.24) is 14.3 Å². The Morgan fingerprint density at radius 2 is 1.57 bits per heavy atom. The van der Waals surface area contributed by atoms with Gasteiger partial charge in [-0.1, -0.05) is 97.8 Å². The third kappa shape index (κ3) is 7.64. The molecular formula is C38H36Cl2N4O4S. The lowest BCUT2D eigenvalue weighted by molar-refractivity contribution is -0.117. The Hall–Kier alpha value is -4.31. The maximum absolute atomic E-state index is 12.6. The number of ether oxygens (including phenoxy) is 1. The van der Waals surface area contributed by atoms with Crippen molar-refractivity contribution in [2.24, 2.45) is 5.92 Å². The highest BCUT2D eigenvalue weighted by molar-refractivity contribution is 7.92. The van der Waals surface area contributed by atoms with Crippen LogP contribution in [0.1, 0.15) is 49.9 Å². The van der Waals surface area contributed by atoms with Gasteiger partial charge in [0.05, 0.1) is 23.0 Å². The van der Waals surface area contributed by atoms with Gasteiger partial charge in [-0.3, -0.25) is 4.79 Å². The van der Waals surface area contributed by atoms with Crippen LogP contribution in [-0.4, -0.2) is 37.0 Å². The van der Waals surface area contributed by atoms with E-state index in [1.165, 1.54) is 32.1 Å². The van der Waals surface area contributed by atoms with Crippen LogP contribution >= 0.6 is 23.2 Å². The van der Waals surface area contributed by atoms with Crippen LogP contribution in [-0.2, 0) is 21.4 Å². The summed E-state index contributed by atoms with van der Waals surface area (Å²) in [4.78, 5) is 16.9. The van der Waals surface area contributed by atoms with E-state index >= 15 is 0 Å². The maximum atomic E-state index is 12.6. The molecule has 2 fully saturated rings. The van der Waals surface area contributed by atoms with Gasteiger partial charge in [0, 0.05) is 28.9 Å². The molecule has 0 spiro atoms. The quantitative estimate of drug-likeness (QED) is 0.156. The summed E-state index contributed by atoms with van der Waals surface area (Å²) in [5.74, 6) is 1.84. The first kappa shape index (κ1) is 33.2. The third-order valence-corrected chi connectivity index (χ3v) is 11.2. The first-order valence-corrected chi connectivity index (χ1v) is 18.7. The molecule has 49 heavy (non-hydrogen) atoms. The van der Waals surface area contributed by atoms with E-state index in [1.54, 1.807) is 30.3 Å². The van der Waals surface area contributed by atoms with E-state index in [4.69, 9.17) is 32.9 Å². The number of imidazole rings is 1. The average molecular weight is 716 g/mol. The molecule has 8 nitrogen and oxygen atoms in total. The Kier molecular flexibility index (Phi) is 9.67. The second kappa shape index (κ2) is 14.3. The normalized spacial score (nSPS) is 16.1. The molecule has 1 amide bonds. The van der Waals surface area contributed by atoms with Crippen molar-refractivity contribution in [1.29, 1.82) is 0 Å². The molecule has 1 N–H and O–H groups in total. The molecule has 11 heteroatoms. The topological polar surface area (TPSA) is 93.5 Å². The molecule has 1 saturated heterocycles. The Labute approximate surface area is 296 Å². The number of benzene rings is 4. The minimum atomic E-state index is -3.96. The second-order valence-electron chi connectivity index (χ2n) is 12.6. The molecule has 0 bridgehead atoms. The van der Waals surface area contributed by atoms with Gasteiger partial charge in [-0.05, 0) is 77.6 Å². The van der Waals surface area contributed by atoms with Crippen LogP contribution in [0.15, 0.2) is 97.2 Å². The number of halogens is 2. The Balaban J connectivity index is 1.12. The summed E-state index contributed by atoms with van der Waals surface area (Å²) in [6, 6.07) is 28.9. The number of amides is 1. The number of hydrogen-bond acceptors (Lipinski definition) is 5. The number of hydrogen-bond donors (Lipinski definition) is 1. The van der Waals surface area contributed by atoms with Crippen LogP contribution in [0.2, 0.25) is 10.0 Å². The van der Waals surface area contributed by atoms with Crippen molar-refractivity contribution in [3.8, 4) is 33.8 Å². The Bertz CT molecular complexity index is 2080. The first-order valence-electron chi connectivity index (χ1n) is 16.5. The van der Waals surface area contributed by atoms with Crippen LogP contribution < -0.4 is 13.8 Å². The summed E-state index contributed by atoms with van der Waals surface area (Å²) >= 11 is 12.7. The van der Waals surface area contributed by atoms with Crippen LogP contribution in [0.4, 0.5) is 5.69 Å². The lowest BCUT2D eigenvalue weighted by atomic mass is 9.87. The number of aromatic nitrogens is 2. The second-order valence-corrected chi connectivity index (χ2v) is 15.1. The fraction of sp³-hybridized carbons (Fsp3) is 0.263. The monoisotopic (exact) mass is 714 g/mol. The van der Waals surface area contributed by atoms with E-state index in [1.807, 2.05) is 39.8 Å². The van der Waals surface area contributed by atoms with Crippen molar-refractivity contribution in [2.75, 3.05) is 17.5 Å². The van der Waals surface area contributed by atoms with E-state index in [-0.39, 0.29) is 6.54 Å². The smallest absolute Gasteiger partial charge is 0.326 e. The zero-order chi connectivity index (χ0) is 34.0. The molecule has 1 aliphatic carbocycles. The summed E-state index contributed by atoms with van der Waals surface area (Å²) in [6.45, 7) is 0.482. The molecule has 0 unspecified atom stereocenters. The van der Waals surface area contributed by atoms with Crippen LogP contribution in [0.5, 0.6) is 5.75 Å². The summed E-state index contributed by atoms with van der Waals surface area (Å²) < 4.78 is 36.2. The molecule has 0 atom stereocenters. The minimum Gasteiger partial charge on any atom is -0.494 e. The number of nitrogens with zero attached hydrogens (tertiary/aromatic N) is 3. The SMILES string of the molecule is O=C1CN(c2cccc(-n3cc(-c4ccc(Cl)cc4Cl)nc3Cc3ccc(-c4ccc(OCCC5CCCCC5)cc4)cc3)c2)S(=O)(=O)N1. The predicted molar refractivity (Wildman–Crippen MR) is 195 cm³/mol. The highest BCUT2D eigenvalue weighted by Gasteiger charge is 2.34. The van der Waals surface area contributed by atoms with Gasteiger partial charge in [-0.25, -0.2) is 14.0 Å². The molecule has 5 aromatic rings. The number of carbonyl (C=O) groups is 1. The van der Waals surface area contributed by atoms with Crippen molar-refractivity contribution >= 4 is 45.0 Å². The van der Waals surface area contributed by atoms with Crippen LogP contribution in [0.3, 0.4) is 0 Å². The van der Waals surface area contributed by atoms with Gasteiger partial charge in [0.1, 0.15) is 18.1 Å². The minimum absolute atomic E-state index is 0.281. The summed E-state index contributed by atoms with van der Waals surface area (Å²) in [5.41, 5.74) is 5.66. The molecular weight excluding hydrogens is 679 g/mol. The van der Waals surface area contributed by atoms with Gasteiger partial charge < -0.3 is 9.30 Å². The number of anilines is 1. The fourth-order valence-corrected chi connectivity index (χ4v) is 8.28. The van der Waals surface area contributed by atoms with Gasteiger partial charge in [-0.15, -0.1) is 0 Å². The van der Waals surface area contributed by atoms with Crippen molar-refractivity contribution < 1.29 is 17.9 Å². The Morgan fingerprint density at radius 3 is 2.27 bits per heavy atom. The number of carbonyl (C=O) groups excluding carboxylic acids is 1. The number of rotatable bonds is 10. The van der Waals surface area contributed by atoms with Crippen molar-refractivity contribution in [3.63, 3.8) is 0 Å². The van der Waals surface area contributed by atoms with Gasteiger partial charge in [0.15, 0.2) is 0 Å². The van der Waals surface area contributed by atoms with E-state index in [0.29, 0.717) is 33.5 Å². The van der Waals surface area contributed by atoms with Gasteiger partial charge in [0.2, 0.25) is 0 Å². The summed E-state index contributed by atoms with van der Waals surface area (Å²) in [5, 5.41) is 0.989. The third-order valence-electron chi connectivity index (χ3n) is 9.23. The molecule has 1 aromatic heterocycles. The highest BCUT2D eigenvalue weighted by atomic mass is 35.5. The molecule has 1 saturated carbocycles. The zero-order valence-corrected chi connectivity index (χ0v) is 29.1. The lowest BCUT2D eigenvalue weighted by Crippen LogP contribution is -2.29. The molecule has 7 rings (SSSR count). The largest absolute Gasteiger partial charge is 0.494 e. The van der Waals surface area contributed by atoms with E-state index < -0.39 is 16.1 Å². The molecule has 4 aromatic carbocycles. The van der Waals surface area contributed by atoms with Crippen molar-refractivity contribution in [2.45, 2.75) is 44.9 Å². The summed E-state index contributed by atoms with van der Waals surface area (Å²) in [7, 11) is -3.96. The van der Waals surface area contributed by atoms with Crippen molar-refractivity contribution in [3.05, 3.63) is 119 Å². The molecule has 252 valence electrons. The summed E-state index contributed by atoms with van der Waals surface area (Å²) in [6.07, 6.45) is 10.2. The fourth-order valence-electron chi connectivity index (χ4n) is 6.63.